The summed E-state index contributed by atoms with van der Waals surface area (Å²) in [5.74, 6) is 1.42. The van der Waals surface area contributed by atoms with Crippen molar-refractivity contribution in [2.24, 2.45) is 16.6 Å². The number of halogens is 1. The van der Waals surface area contributed by atoms with Crippen LogP contribution >= 0.6 is 11.6 Å². The van der Waals surface area contributed by atoms with Crippen LogP contribution in [0.4, 0.5) is 0 Å². The number of guanidine groups is 1. The molecule has 0 atom stereocenters. The van der Waals surface area contributed by atoms with Crippen LogP contribution in [0.25, 0.3) is 0 Å². The third-order valence-corrected chi connectivity index (χ3v) is 3.52. The van der Waals surface area contributed by atoms with E-state index in [2.05, 4.69) is 21.8 Å². The Hall–Kier alpha value is -1.29. The van der Waals surface area contributed by atoms with E-state index in [0.717, 1.165) is 24.7 Å². The lowest BCUT2D eigenvalue weighted by molar-refractivity contribution is 0.277. The summed E-state index contributed by atoms with van der Waals surface area (Å²) in [6, 6.07) is 3.69. The molecule has 2 rings (SSSR count). The summed E-state index contributed by atoms with van der Waals surface area (Å²) in [5.41, 5.74) is 6.88. The first-order valence-corrected chi connectivity index (χ1v) is 6.68. The lowest BCUT2D eigenvalue weighted by Crippen LogP contribution is -2.42. The summed E-state index contributed by atoms with van der Waals surface area (Å²) in [4.78, 5) is 10.7. The zero-order chi connectivity index (χ0) is 13.0. The van der Waals surface area contributed by atoms with Gasteiger partial charge in [0.05, 0.1) is 17.3 Å². The second-order valence-corrected chi connectivity index (χ2v) is 5.25. The average Bonchev–Trinajstić information content (AvgIpc) is 2.38. The second kappa shape index (κ2) is 6.05. The predicted octanol–water partition coefficient (Wildman–Crippen LogP) is 2.28. The fraction of sp³-hybridized carbons (Fsp3) is 0.538. The Morgan fingerprint density at radius 2 is 2.22 bits per heavy atom. The zero-order valence-electron chi connectivity index (χ0n) is 10.6. The zero-order valence-corrected chi connectivity index (χ0v) is 11.4. The van der Waals surface area contributed by atoms with Crippen LogP contribution in [0, 0.1) is 5.92 Å². The molecule has 0 bridgehead atoms. The van der Waals surface area contributed by atoms with Gasteiger partial charge in [0.25, 0.3) is 0 Å². The topological polar surface area (TPSA) is 54.5 Å². The smallest absolute Gasteiger partial charge is 0.191 e. The highest BCUT2D eigenvalue weighted by Gasteiger charge is 2.16. The summed E-state index contributed by atoms with van der Waals surface area (Å²) in [6.07, 6.45) is 4.01. The Kier molecular flexibility index (Phi) is 4.42. The number of nitrogens with two attached hydrogens (primary N) is 1. The van der Waals surface area contributed by atoms with E-state index in [4.69, 9.17) is 17.3 Å². The Morgan fingerprint density at radius 1 is 1.50 bits per heavy atom. The van der Waals surface area contributed by atoms with Gasteiger partial charge in [0.1, 0.15) is 0 Å². The van der Waals surface area contributed by atoms with E-state index in [-0.39, 0.29) is 0 Å². The summed E-state index contributed by atoms with van der Waals surface area (Å²) < 4.78 is 0. The van der Waals surface area contributed by atoms with E-state index in [1.54, 1.807) is 6.20 Å². The maximum atomic E-state index is 5.99. The number of aliphatic imine (C=N–C) groups is 1. The van der Waals surface area contributed by atoms with Gasteiger partial charge < -0.3 is 10.6 Å². The molecular weight excluding hydrogens is 248 g/mol. The van der Waals surface area contributed by atoms with E-state index in [1.807, 2.05) is 12.1 Å². The molecule has 0 spiro atoms. The number of likely N-dealkylation sites (tertiary alicyclic amines) is 1. The van der Waals surface area contributed by atoms with E-state index in [0.29, 0.717) is 17.5 Å². The van der Waals surface area contributed by atoms with Crippen molar-refractivity contribution in [1.29, 1.82) is 0 Å². The molecule has 1 aliphatic heterocycles. The highest BCUT2D eigenvalue weighted by Crippen LogP contribution is 2.15. The third-order valence-electron chi connectivity index (χ3n) is 3.30. The van der Waals surface area contributed by atoms with Crippen LogP contribution in [-0.4, -0.2) is 28.9 Å². The number of rotatable bonds is 2. The van der Waals surface area contributed by atoms with Gasteiger partial charge in [-0.25, -0.2) is 4.99 Å². The quantitative estimate of drug-likeness (QED) is 0.660. The molecule has 2 heterocycles. The molecule has 0 saturated carbocycles. The molecule has 1 aliphatic rings. The van der Waals surface area contributed by atoms with Gasteiger partial charge in [0.15, 0.2) is 5.96 Å². The summed E-state index contributed by atoms with van der Waals surface area (Å²) >= 11 is 5.78. The molecule has 18 heavy (non-hydrogen) atoms. The highest BCUT2D eigenvalue weighted by molar-refractivity contribution is 6.30. The number of piperidine rings is 1. The summed E-state index contributed by atoms with van der Waals surface area (Å²) in [6.45, 7) is 4.80. The number of hydrogen-bond donors (Lipinski definition) is 1. The molecule has 0 unspecified atom stereocenters. The number of pyridine rings is 1. The first-order chi connectivity index (χ1) is 8.65. The first kappa shape index (κ1) is 13.1. The summed E-state index contributed by atoms with van der Waals surface area (Å²) in [7, 11) is 0. The average molecular weight is 267 g/mol. The Labute approximate surface area is 113 Å². The lowest BCUT2D eigenvalue weighted by Gasteiger charge is -2.30. The molecule has 0 aromatic carbocycles. The molecule has 1 fully saturated rings. The predicted molar refractivity (Wildman–Crippen MR) is 74.5 cm³/mol. The molecule has 98 valence electrons. The van der Waals surface area contributed by atoms with Gasteiger partial charge in [-0.2, -0.15) is 0 Å². The molecule has 1 aromatic heterocycles. The molecular formula is C13H19ClN4. The minimum Gasteiger partial charge on any atom is -0.370 e. The van der Waals surface area contributed by atoms with Crippen molar-refractivity contribution in [2.75, 3.05) is 13.1 Å². The van der Waals surface area contributed by atoms with E-state index in [1.165, 1.54) is 12.8 Å². The fourth-order valence-corrected chi connectivity index (χ4v) is 2.11. The van der Waals surface area contributed by atoms with Crippen LogP contribution in [0.1, 0.15) is 25.5 Å². The fourth-order valence-electron chi connectivity index (χ4n) is 2.00. The van der Waals surface area contributed by atoms with Crippen molar-refractivity contribution in [3.05, 3.63) is 29.0 Å². The van der Waals surface area contributed by atoms with Crippen molar-refractivity contribution in [1.82, 2.24) is 9.88 Å². The molecule has 1 saturated heterocycles. The van der Waals surface area contributed by atoms with Crippen LogP contribution < -0.4 is 5.73 Å². The van der Waals surface area contributed by atoms with Gasteiger partial charge >= 0.3 is 0 Å². The van der Waals surface area contributed by atoms with Crippen LogP contribution in [0.15, 0.2) is 23.3 Å². The number of nitrogens with zero attached hydrogens (tertiary/aromatic N) is 3. The summed E-state index contributed by atoms with van der Waals surface area (Å²) in [5, 5.41) is 0.640. The van der Waals surface area contributed by atoms with Crippen LogP contribution in [0.3, 0.4) is 0 Å². The molecule has 0 radical (unpaired) electrons. The monoisotopic (exact) mass is 266 g/mol. The van der Waals surface area contributed by atoms with Gasteiger partial charge in [0.2, 0.25) is 0 Å². The largest absolute Gasteiger partial charge is 0.370 e. The van der Waals surface area contributed by atoms with Crippen molar-refractivity contribution < 1.29 is 0 Å². The first-order valence-electron chi connectivity index (χ1n) is 6.30. The van der Waals surface area contributed by atoms with Gasteiger partial charge in [0, 0.05) is 19.3 Å². The SMILES string of the molecule is CC1CCN(C(N)=NCc2ccc(Cl)cn2)CC1. The second-order valence-electron chi connectivity index (χ2n) is 4.81. The van der Waals surface area contributed by atoms with Gasteiger partial charge in [-0.1, -0.05) is 18.5 Å². The van der Waals surface area contributed by atoms with Crippen molar-refractivity contribution in [3.8, 4) is 0 Å². The molecule has 4 nitrogen and oxygen atoms in total. The Morgan fingerprint density at radius 3 is 2.83 bits per heavy atom. The minimum absolute atomic E-state index is 0.509. The van der Waals surface area contributed by atoms with Crippen LogP contribution in [-0.2, 0) is 6.54 Å². The van der Waals surface area contributed by atoms with E-state index >= 15 is 0 Å². The molecule has 1 aromatic rings. The van der Waals surface area contributed by atoms with E-state index in [9.17, 15) is 0 Å². The lowest BCUT2D eigenvalue weighted by atomic mass is 10.00. The van der Waals surface area contributed by atoms with Gasteiger partial charge in [-0.15, -0.1) is 0 Å². The van der Waals surface area contributed by atoms with E-state index < -0.39 is 0 Å². The molecule has 0 aliphatic carbocycles. The van der Waals surface area contributed by atoms with Crippen LogP contribution in [0.5, 0.6) is 0 Å². The minimum atomic E-state index is 0.509. The third kappa shape index (κ3) is 3.60. The van der Waals surface area contributed by atoms with Crippen molar-refractivity contribution in [2.45, 2.75) is 26.3 Å². The van der Waals surface area contributed by atoms with Gasteiger partial charge in [-0.3, -0.25) is 4.98 Å². The molecule has 0 amide bonds. The van der Waals surface area contributed by atoms with Crippen LogP contribution in [0.2, 0.25) is 5.02 Å². The normalized spacial score (nSPS) is 18.1. The van der Waals surface area contributed by atoms with Crippen molar-refractivity contribution >= 4 is 17.6 Å². The number of aromatic nitrogens is 1. The molecule has 5 heteroatoms. The Balaban J connectivity index is 1.90. The molecule has 2 N–H and O–H groups in total. The maximum Gasteiger partial charge on any atom is 0.191 e. The Bertz CT molecular complexity index is 408. The number of hydrogen-bond acceptors (Lipinski definition) is 2. The highest BCUT2D eigenvalue weighted by atomic mass is 35.5. The standard InChI is InChI=1S/C13H19ClN4/c1-10-4-6-18(7-5-10)13(15)17-9-12-3-2-11(14)8-16-12/h2-3,8,10H,4-7,9H2,1H3,(H2,15,17). The maximum absolute atomic E-state index is 5.99. The van der Waals surface area contributed by atoms with Gasteiger partial charge in [-0.05, 0) is 30.9 Å². The van der Waals surface area contributed by atoms with Crippen molar-refractivity contribution in [3.63, 3.8) is 0 Å².